The molecule has 19 heavy (non-hydrogen) atoms. The fourth-order valence-corrected chi connectivity index (χ4v) is 1.61. The Bertz CT molecular complexity index is 361. The van der Waals surface area contributed by atoms with Crippen molar-refractivity contribution in [2.24, 2.45) is 0 Å². The molecule has 1 aromatic carbocycles. The molecule has 1 rings (SSSR count). The Morgan fingerprint density at radius 3 is 2.63 bits per heavy atom. The third kappa shape index (κ3) is 6.52. The zero-order valence-electron chi connectivity index (χ0n) is 11.6. The van der Waals surface area contributed by atoms with Gasteiger partial charge in [0.1, 0.15) is 11.6 Å². The highest BCUT2D eigenvalue weighted by Gasteiger charge is 2.05. The van der Waals surface area contributed by atoms with E-state index in [1.165, 1.54) is 12.1 Å². The van der Waals surface area contributed by atoms with Gasteiger partial charge >= 0.3 is 0 Å². The summed E-state index contributed by atoms with van der Waals surface area (Å²) in [6.45, 7) is 3.11. The third-order valence-electron chi connectivity index (χ3n) is 2.57. The van der Waals surface area contributed by atoms with Crippen LogP contribution in [0.2, 0.25) is 0 Å². The minimum Gasteiger partial charge on any atom is -0.493 e. The molecule has 4 nitrogen and oxygen atoms in total. The van der Waals surface area contributed by atoms with Gasteiger partial charge in [0.2, 0.25) is 0 Å². The summed E-state index contributed by atoms with van der Waals surface area (Å²) in [6.07, 6.45) is 0.810. The first-order valence-electron chi connectivity index (χ1n) is 6.37. The maximum absolute atomic E-state index is 13.2. The first-order chi connectivity index (χ1) is 9.27. The predicted octanol–water partition coefficient (Wildman–Crippen LogP) is 1.98. The van der Waals surface area contributed by atoms with E-state index in [2.05, 4.69) is 5.32 Å². The van der Waals surface area contributed by atoms with Crippen molar-refractivity contribution in [3.05, 3.63) is 29.6 Å². The molecule has 0 fully saturated rings. The van der Waals surface area contributed by atoms with Crippen molar-refractivity contribution < 1.29 is 18.6 Å². The first-order valence-corrected chi connectivity index (χ1v) is 6.37. The molecule has 0 unspecified atom stereocenters. The van der Waals surface area contributed by atoms with Gasteiger partial charge in [0.15, 0.2) is 0 Å². The normalized spacial score (nSPS) is 10.7. The van der Waals surface area contributed by atoms with Crippen molar-refractivity contribution in [2.45, 2.75) is 13.0 Å². The standard InChI is InChI=1S/C14H22FNO3/c1-17-7-3-8-19-14-5-4-13(15)10-12(14)11-16-6-9-18-2/h4-5,10,16H,3,6-9,11H2,1-2H3. The zero-order chi connectivity index (χ0) is 13.9. The van der Waals surface area contributed by atoms with E-state index in [9.17, 15) is 4.39 Å². The molecule has 0 saturated carbocycles. The Labute approximate surface area is 113 Å². The molecule has 1 aromatic rings. The molecule has 0 bridgehead atoms. The highest BCUT2D eigenvalue weighted by Crippen LogP contribution is 2.19. The van der Waals surface area contributed by atoms with Crippen molar-refractivity contribution >= 4 is 0 Å². The number of halogens is 1. The second kappa shape index (κ2) is 9.72. The Morgan fingerprint density at radius 1 is 1.11 bits per heavy atom. The number of benzene rings is 1. The van der Waals surface area contributed by atoms with E-state index in [0.29, 0.717) is 32.1 Å². The van der Waals surface area contributed by atoms with Crippen LogP contribution in [0.3, 0.4) is 0 Å². The fraction of sp³-hybridized carbons (Fsp3) is 0.571. The molecular weight excluding hydrogens is 249 g/mol. The molecule has 108 valence electrons. The van der Waals surface area contributed by atoms with Crippen molar-refractivity contribution in [1.29, 1.82) is 0 Å². The summed E-state index contributed by atoms with van der Waals surface area (Å²) in [5.41, 5.74) is 0.813. The Hall–Kier alpha value is -1.17. The van der Waals surface area contributed by atoms with E-state index >= 15 is 0 Å². The molecule has 0 atom stereocenters. The van der Waals surface area contributed by atoms with Gasteiger partial charge in [0.25, 0.3) is 0 Å². The van der Waals surface area contributed by atoms with Crippen molar-refractivity contribution in [3.8, 4) is 5.75 Å². The summed E-state index contributed by atoms with van der Waals surface area (Å²) < 4.78 is 28.8. The van der Waals surface area contributed by atoms with Crippen LogP contribution in [0.5, 0.6) is 5.75 Å². The quantitative estimate of drug-likeness (QED) is 0.661. The van der Waals surface area contributed by atoms with E-state index in [1.54, 1.807) is 20.3 Å². The summed E-state index contributed by atoms with van der Waals surface area (Å²) in [5, 5.41) is 3.18. The van der Waals surface area contributed by atoms with E-state index in [-0.39, 0.29) is 5.82 Å². The number of nitrogens with one attached hydrogen (secondary N) is 1. The number of ether oxygens (including phenoxy) is 3. The molecule has 0 aliphatic carbocycles. The van der Waals surface area contributed by atoms with E-state index in [4.69, 9.17) is 14.2 Å². The van der Waals surface area contributed by atoms with Gasteiger partial charge in [0, 0.05) is 45.9 Å². The highest BCUT2D eigenvalue weighted by atomic mass is 19.1. The van der Waals surface area contributed by atoms with Crippen LogP contribution >= 0.6 is 0 Å². The summed E-state index contributed by atoms with van der Waals surface area (Å²) in [5.74, 6) is 0.454. The molecule has 0 aromatic heterocycles. The van der Waals surface area contributed by atoms with Crippen molar-refractivity contribution in [3.63, 3.8) is 0 Å². The van der Waals surface area contributed by atoms with Crippen molar-refractivity contribution in [2.75, 3.05) is 40.6 Å². The van der Waals surface area contributed by atoms with Gasteiger partial charge in [-0.2, -0.15) is 0 Å². The minimum atomic E-state index is -0.257. The van der Waals surface area contributed by atoms with Gasteiger partial charge in [0.05, 0.1) is 13.2 Å². The van der Waals surface area contributed by atoms with Crippen LogP contribution in [0, 0.1) is 5.82 Å². The van der Waals surface area contributed by atoms with Crippen LogP contribution in [0.25, 0.3) is 0 Å². The van der Waals surface area contributed by atoms with Crippen LogP contribution in [0.1, 0.15) is 12.0 Å². The Kier molecular flexibility index (Phi) is 8.13. The molecule has 0 amide bonds. The van der Waals surface area contributed by atoms with Crippen LogP contribution in [-0.4, -0.2) is 40.6 Å². The lowest BCUT2D eigenvalue weighted by Crippen LogP contribution is -2.19. The molecule has 0 spiro atoms. The van der Waals surface area contributed by atoms with Gasteiger partial charge in [-0.25, -0.2) is 4.39 Å². The summed E-state index contributed by atoms with van der Waals surface area (Å²) in [7, 11) is 3.30. The maximum atomic E-state index is 13.2. The third-order valence-corrected chi connectivity index (χ3v) is 2.57. The summed E-state index contributed by atoms with van der Waals surface area (Å²) in [6, 6.07) is 4.56. The Morgan fingerprint density at radius 2 is 1.89 bits per heavy atom. The van der Waals surface area contributed by atoms with Crippen LogP contribution in [0.15, 0.2) is 18.2 Å². The molecular formula is C14H22FNO3. The van der Waals surface area contributed by atoms with Crippen LogP contribution in [0.4, 0.5) is 4.39 Å². The lowest BCUT2D eigenvalue weighted by atomic mass is 10.2. The lowest BCUT2D eigenvalue weighted by Gasteiger charge is -2.12. The average Bonchev–Trinajstić information content (AvgIpc) is 2.41. The average molecular weight is 271 g/mol. The Balaban J connectivity index is 2.48. The molecule has 0 radical (unpaired) electrons. The largest absolute Gasteiger partial charge is 0.493 e. The molecule has 0 saturated heterocycles. The number of methoxy groups -OCH3 is 2. The smallest absolute Gasteiger partial charge is 0.123 e. The van der Waals surface area contributed by atoms with Gasteiger partial charge in [-0.15, -0.1) is 0 Å². The molecule has 0 aliphatic heterocycles. The van der Waals surface area contributed by atoms with Crippen LogP contribution in [-0.2, 0) is 16.0 Å². The fourth-order valence-electron chi connectivity index (χ4n) is 1.61. The minimum absolute atomic E-state index is 0.257. The van der Waals surface area contributed by atoms with Gasteiger partial charge in [-0.3, -0.25) is 0 Å². The molecule has 5 heteroatoms. The van der Waals surface area contributed by atoms with E-state index in [0.717, 1.165) is 18.5 Å². The first kappa shape index (κ1) is 15.9. The number of rotatable bonds is 10. The van der Waals surface area contributed by atoms with Gasteiger partial charge in [-0.1, -0.05) is 0 Å². The number of hydrogen-bond donors (Lipinski definition) is 1. The molecule has 1 N–H and O–H groups in total. The summed E-state index contributed by atoms with van der Waals surface area (Å²) in [4.78, 5) is 0. The zero-order valence-corrected chi connectivity index (χ0v) is 11.6. The van der Waals surface area contributed by atoms with E-state index < -0.39 is 0 Å². The highest BCUT2D eigenvalue weighted by molar-refractivity contribution is 5.33. The SMILES string of the molecule is COCCCOc1ccc(F)cc1CNCCOC. The summed E-state index contributed by atoms with van der Waals surface area (Å²) >= 11 is 0. The monoisotopic (exact) mass is 271 g/mol. The lowest BCUT2D eigenvalue weighted by molar-refractivity contribution is 0.171. The topological polar surface area (TPSA) is 39.7 Å². The second-order valence-electron chi connectivity index (χ2n) is 4.12. The van der Waals surface area contributed by atoms with Gasteiger partial charge in [-0.05, 0) is 18.2 Å². The maximum Gasteiger partial charge on any atom is 0.123 e. The van der Waals surface area contributed by atoms with E-state index in [1.807, 2.05) is 0 Å². The molecule has 0 heterocycles. The van der Waals surface area contributed by atoms with Crippen LogP contribution < -0.4 is 10.1 Å². The second-order valence-corrected chi connectivity index (χ2v) is 4.12. The predicted molar refractivity (Wildman–Crippen MR) is 72.0 cm³/mol. The number of hydrogen-bond acceptors (Lipinski definition) is 4. The molecule has 0 aliphatic rings. The van der Waals surface area contributed by atoms with Crippen molar-refractivity contribution in [1.82, 2.24) is 5.32 Å². The van der Waals surface area contributed by atoms with Gasteiger partial charge < -0.3 is 19.5 Å².